The Bertz CT molecular complexity index is 363. The van der Waals surface area contributed by atoms with Crippen molar-refractivity contribution in [2.45, 2.75) is 20.3 Å². The number of rotatable bonds is 7. The molecular weight excluding hydrogens is 233 g/mol. The molecule has 1 rings (SSSR count). The van der Waals surface area contributed by atoms with E-state index >= 15 is 0 Å². The van der Waals surface area contributed by atoms with Gasteiger partial charge < -0.3 is 10.1 Å². The van der Waals surface area contributed by atoms with Crippen LogP contribution in [0.15, 0.2) is 24.3 Å². The molecule has 0 spiro atoms. The van der Waals surface area contributed by atoms with Crippen molar-refractivity contribution in [1.82, 2.24) is 5.32 Å². The number of nitrogens with one attached hydrogen (secondary N) is 1. The molecule has 1 aromatic rings. The maximum absolute atomic E-state index is 12.7. The molecule has 1 N–H and O–H groups in total. The van der Waals surface area contributed by atoms with Crippen LogP contribution in [0, 0.1) is 11.7 Å². The summed E-state index contributed by atoms with van der Waals surface area (Å²) in [5.74, 6) is 0.0739. The van der Waals surface area contributed by atoms with Gasteiger partial charge in [0.15, 0.2) is 0 Å². The van der Waals surface area contributed by atoms with Gasteiger partial charge in [0, 0.05) is 18.7 Å². The van der Waals surface area contributed by atoms with Crippen molar-refractivity contribution in [1.29, 1.82) is 0 Å². The molecule has 18 heavy (non-hydrogen) atoms. The van der Waals surface area contributed by atoms with E-state index in [0.717, 1.165) is 6.42 Å². The van der Waals surface area contributed by atoms with Crippen LogP contribution in [0.5, 0.6) is 0 Å². The van der Waals surface area contributed by atoms with Crippen LogP contribution in [0.1, 0.15) is 30.6 Å². The monoisotopic (exact) mass is 253 g/mol. The maximum atomic E-state index is 12.7. The normalized spacial score (nSPS) is 10.7. The van der Waals surface area contributed by atoms with Crippen LogP contribution in [-0.2, 0) is 4.74 Å². The average Bonchev–Trinajstić information content (AvgIpc) is 2.34. The smallest absolute Gasteiger partial charge is 0.251 e. The standard InChI is InChI=1S/C14H20FNO2/c1-11(2)7-9-18-10-8-16-14(17)12-3-5-13(15)6-4-12/h3-6,11H,7-10H2,1-2H3,(H,16,17). The van der Waals surface area contributed by atoms with E-state index in [2.05, 4.69) is 19.2 Å². The molecule has 100 valence electrons. The molecule has 0 fully saturated rings. The molecular formula is C14H20FNO2. The second kappa shape index (κ2) is 7.82. The summed E-state index contributed by atoms with van der Waals surface area (Å²) in [5, 5.41) is 2.72. The van der Waals surface area contributed by atoms with Crippen molar-refractivity contribution in [2.75, 3.05) is 19.8 Å². The van der Waals surface area contributed by atoms with Crippen LogP contribution in [0.2, 0.25) is 0 Å². The number of carbonyl (C=O) groups is 1. The van der Waals surface area contributed by atoms with E-state index in [1.807, 2.05) is 0 Å². The first kappa shape index (κ1) is 14.6. The Morgan fingerprint density at radius 1 is 1.28 bits per heavy atom. The molecule has 0 saturated heterocycles. The molecule has 0 aliphatic carbocycles. The highest BCUT2D eigenvalue weighted by atomic mass is 19.1. The van der Waals surface area contributed by atoms with Gasteiger partial charge in [0.2, 0.25) is 0 Å². The molecule has 0 aromatic heterocycles. The van der Waals surface area contributed by atoms with E-state index in [9.17, 15) is 9.18 Å². The van der Waals surface area contributed by atoms with Gasteiger partial charge in [-0.3, -0.25) is 4.79 Å². The Morgan fingerprint density at radius 3 is 2.56 bits per heavy atom. The molecule has 0 saturated carbocycles. The van der Waals surface area contributed by atoms with Gasteiger partial charge in [-0.15, -0.1) is 0 Å². The SMILES string of the molecule is CC(C)CCOCCNC(=O)c1ccc(F)cc1. The summed E-state index contributed by atoms with van der Waals surface area (Å²) in [7, 11) is 0. The third-order valence-electron chi connectivity index (χ3n) is 2.48. The molecule has 1 amide bonds. The molecule has 0 atom stereocenters. The van der Waals surface area contributed by atoms with Crippen molar-refractivity contribution in [3.63, 3.8) is 0 Å². The van der Waals surface area contributed by atoms with Gasteiger partial charge in [0.25, 0.3) is 5.91 Å². The van der Waals surface area contributed by atoms with E-state index < -0.39 is 0 Å². The summed E-state index contributed by atoms with van der Waals surface area (Å²) in [5.41, 5.74) is 0.457. The molecule has 3 nitrogen and oxygen atoms in total. The maximum Gasteiger partial charge on any atom is 0.251 e. The van der Waals surface area contributed by atoms with Crippen molar-refractivity contribution in [3.05, 3.63) is 35.6 Å². The zero-order valence-electron chi connectivity index (χ0n) is 10.9. The van der Waals surface area contributed by atoms with Gasteiger partial charge in [-0.1, -0.05) is 13.8 Å². The number of halogens is 1. The van der Waals surface area contributed by atoms with Crippen molar-refractivity contribution in [3.8, 4) is 0 Å². The van der Waals surface area contributed by atoms with Crippen LogP contribution in [-0.4, -0.2) is 25.7 Å². The van der Waals surface area contributed by atoms with Gasteiger partial charge in [-0.25, -0.2) is 4.39 Å². The number of benzene rings is 1. The molecule has 0 bridgehead atoms. The van der Waals surface area contributed by atoms with Crippen molar-refractivity contribution >= 4 is 5.91 Å². The topological polar surface area (TPSA) is 38.3 Å². The van der Waals surface area contributed by atoms with Crippen LogP contribution in [0.3, 0.4) is 0 Å². The second-order valence-corrected chi connectivity index (χ2v) is 4.56. The molecule has 0 heterocycles. The Hall–Kier alpha value is -1.42. The summed E-state index contributed by atoms with van der Waals surface area (Å²) in [4.78, 5) is 11.6. The predicted octanol–water partition coefficient (Wildman–Crippen LogP) is 2.62. The lowest BCUT2D eigenvalue weighted by molar-refractivity contribution is 0.0906. The first-order valence-corrected chi connectivity index (χ1v) is 6.21. The van der Waals surface area contributed by atoms with Gasteiger partial charge in [0.05, 0.1) is 6.61 Å². The van der Waals surface area contributed by atoms with Gasteiger partial charge in [0.1, 0.15) is 5.82 Å². The van der Waals surface area contributed by atoms with Gasteiger partial charge in [-0.05, 0) is 36.6 Å². The summed E-state index contributed by atoms with van der Waals surface area (Å²) >= 11 is 0. The molecule has 0 radical (unpaired) electrons. The van der Waals surface area contributed by atoms with Gasteiger partial charge in [-0.2, -0.15) is 0 Å². The van der Waals surface area contributed by atoms with E-state index in [1.165, 1.54) is 24.3 Å². The number of carbonyl (C=O) groups excluding carboxylic acids is 1. The minimum absolute atomic E-state index is 0.206. The van der Waals surface area contributed by atoms with E-state index in [-0.39, 0.29) is 11.7 Å². The second-order valence-electron chi connectivity index (χ2n) is 4.56. The van der Waals surface area contributed by atoms with E-state index in [1.54, 1.807) is 0 Å². The fraction of sp³-hybridized carbons (Fsp3) is 0.500. The summed E-state index contributed by atoms with van der Waals surface area (Å²) < 4.78 is 18.0. The van der Waals surface area contributed by atoms with Gasteiger partial charge >= 0.3 is 0 Å². The highest BCUT2D eigenvalue weighted by Gasteiger charge is 2.04. The third-order valence-corrected chi connectivity index (χ3v) is 2.48. The van der Waals surface area contributed by atoms with Crippen LogP contribution < -0.4 is 5.32 Å². The predicted molar refractivity (Wildman–Crippen MR) is 69.0 cm³/mol. The minimum Gasteiger partial charge on any atom is -0.380 e. The van der Waals surface area contributed by atoms with Crippen LogP contribution >= 0.6 is 0 Å². The van der Waals surface area contributed by atoms with Crippen molar-refractivity contribution in [2.24, 2.45) is 5.92 Å². The highest BCUT2D eigenvalue weighted by Crippen LogP contribution is 2.02. The van der Waals surface area contributed by atoms with E-state index in [4.69, 9.17) is 4.74 Å². The summed E-state index contributed by atoms with van der Waals surface area (Å²) in [6.45, 7) is 5.96. The number of ether oxygens (including phenoxy) is 1. The van der Waals surface area contributed by atoms with Crippen LogP contribution in [0.4, 0.5) is 4.39 Å². The lowest BCUT2D eigenvalue weighted by Crippen LogP contribution is -2.27. The number of hydrogen-bond acceptors (Lipinski definition) is 2. The molecule has 0 aliphatic rings. The van der Waals surface area contributed by atoms with Crippen LogP contribution in [0.25, 0.3) is 0 Å². The minimum atomic E-state index is -0.344. The third kappa shape index (κ3) is 5.77. The zero-order chi connectivity index (χ0) is 13.4. The molecule has 0 aliphatic heterocycles. The number of amides is 1. The Kier molecular flexibility index (Phi) is 6.36. The molecule has 1 aromatic carbocycles. The molecule has 0 unspecified atom stereocenters. The summed E-state index contributed by atoms with van der Waals surface area (Å²) in [6.07, 6.45) is 1.02. The quantitative estimate of drug-likeness (QED) is 0.759. The Morgan fingerprint density at radius 2 is 1.94 bits per heavy atom. The average molecular weight is 253 g/mol. The highest BCUT2D eigenvalue weighted by molar-refractivity contribution is 5.94. The molecule has 4 heteroatoms. The zero-order valence-corrected chi connectivity index (χ0v) is 10.9. The van der Waals surface area contributed by atoms with Crippen molar-refractivity contribution < 1.29 is 13.9 Å². The van der Waals surface area contributed by atoms with E-state index in [0.29, 0.717) is 31.2 Å². The lowest BCUT2D eigenvalue weighted by Gasteiger charge is -2.07. The Balaban J connectivity index is 2.16. The lowest BCUT2D eigenvalue weighted by atomic mass is 10.1. The first-order valence-electron chi connectivity index (χ1n) is 6.21. The Labute approximate surface area is 107 Å². The largest absolute Gasteiger partial charge is 0.380 e. The fourth-order valence-electron chi connectivity index (χ4n) is 1.36. The number of hydrogen-bond donors (Lipinski definition) is 1. The summed E-state index contributed by atoms with van der Waals surface area (Å²) in [6, 6.07) is 5.47. The first-order chi connectivity index (χ1) is 8.59. The fourth-order valence-corrected chi connectivity index (χ4v) is 1.36.